The smallest absolute Gasteiger partial charge is 0.322 e. The van der Waals surface area contributed by atoms with Gasteiger partial charge in [0.2, 0.25) is 5.82 Å². The number of aromatic nitrogens is 2. The number of halogens is 1. The highest BCUT2D eigenvalue weighted by Gasteiger charge is 2.16. The van der Waals surface area contributed by atoms with E-state index in [4.69, 9.17) is 9.26 Å². The minimum Gasteiger partial charge on any atom is -0.494 e. The highest BCUT2D eigenvalue weighted by Crippen LogP contribution is 2.25. The molecule has 0 saturated heterocycles. The van der Waals surface area contributed by atoms with Gasteiger partial charge in [-0.2, -0.15) is 4.98 Å². The van der Waals surface area contributed by atoms with Crippen molar-refractivity contribution in [2.75, 3.05) is 12.4 Å². The average Bonchev–Trinajstić information content (AvgIpc) is 2.75. The summed E-state index contributed by atoms with van der Waals surface area (Å²) in [6.45, 7) is 5.95. The van der Waals surface area contributed by atoms with Crippen molar-refractivity contribution in [3.63, 3.8) is 0 Å². The molecule has 19 heavy (non-hydrogen) atoms. The van der Waals surface area contributed by atoms with E-state index in [2.05, 4.69) is 15.5 Å². The minimum absolute atomic E-state index is 0.146. The number of anilines is 1. The van der Waals surface area contributed by atoms with Crippen molar-refractivity contribution in [3.8, 4) is 17.1 Å². The number of rotatable bonds is 3. The van der Waals surface area contributed by atoms with Gasteiger partial charge in [-0.3, -0.25) is 0 Å². The van der Waals surface area contributed by atoms with E-state index in [9.17, 15) is 4.39 Å². The number of ether oxygens (including phenoxy) is 1. The van der Waals surface area contributed by atoms with Gasteiger partial charge in [-0.25, -0.2) is 4.39 Å². The summed E-state index contributed by atoms with van der Waals surface area (Å²) in [5, 5.41) is 6.91. The van der Waals surface area contributed by atoms with Gasteiger partial charge >= 0.3 is 6.01 Å². The number of hydrogen-bond acceptors (Lipinski definition) is 5. The molecule has 0 radical (unpaired) electrons. The zero-order valence-electron chi connectivity index (χ0n) is 11.3. The third-order valence-electron chi connectivity index (χ3n) is 2.32. The van der Waals surface area contributed by atoms with Crippen molar-refractivity contribution in [3.05, 3.63) is 24.0 Å². The number of nitrogens with zero attached hydrogens (tertiary/aromatic N) is 2. The molecule has 0 spiro atoms. The number of hydrogen-bond donors (Lipinski definition) is 1. The van der Waals surface area contributed by atoms with E-state index < -0.39 is 5.82 Å². The van der Waals surface area contributed by atoms with Gasteiger partial charge in [0.1, 0.15) is 0 Å². The predicted octanol–water partition coefficient (Wildman–Crippen LogP) is 3.09. The molecular formula is C13H16FN3O2. The molecule has 0 unspecified atom stereocenters. The maximum atomic E-state index is 13.3. The van der Waals surface area contributed by atoms with E-state index in [1.807, 2.05) is 20.8 Å². The quantitative estimate of drug-likeness (QED) is 0.924. The molecule has 0 atom stereocenters. The van der Waals surface area contributed by atoms with Crippen LogP contribution in [0.4, 0.5) is 10.4 Å². The Kier molecular flexibility index (Phi) is 3.42. The van der Waals surface area contributed by atoms with Crippen molar-refractivity contribution >= 4 is 6.01 Å². The fourth-order valence-electron chi connectivity index (χ4n) is 1.51. The maximum absolute atomic E-state index is 13.3. The zero-order valence-corrected chi connectivity index (χ0v) is 11.3. The number of benzene rings is 1. The second-order valence-electron chi connectivity index (χ2n) is 5.15. The topological polar surface area (TPSA) is 60.2 Å². The second kappa shape index (κ2) is 4.87. The highest BCUT2D eigenvalue weighted by molar-refractivity contribution is 5.58. The van der Waals surface area contributed by atoms with Crippen LogP contribution in [0, 0.1) is 5.82 Å². The van der Waals surface area contributed by atoms with Gasteiger partial charge < -0.3 is 14.6 Å². The standard InChI is InChI=1S/C13H16FN3O2/c1-13(2,3)16-12-15-11(17-19-12)8-5-6-9(14)10(7-8)18-4/h5-7H,1-4H3,(H,15,16,17). The lowest BCUT2D eigenvalue weighted by atomic mass is 10.1. The van der Waals surface area contributed by atoms with E-state index in [1.165, 1.54) is 19.2 Å². The molecule has 1 heterocycles. The van der Waals surface area contributed by atoms with Crippen LogP contribution in [0.5, 0.6) is 5.75 Å². The van der Waals surface area contributed by atoms with Gasteiger partial charge in [0.15, 0.2) is 11.6 Å². The zero-order chi connectivity index (χ0) is 14.0. The van der Waals surface area contributed by atoms with Crippen LogP contribution in [0.25, 0.3) is 11.4 Å². The molecule has 102 valence electrons. The summed E-state index contributed by atoms with van der Waals surface area (Å²) in [5.74, 6) is 0.0977. The van der Waals surface area contributed by atoms with Crippen LogP contribution in [-0.4, -0.2) is 22.8 Å². The Labute approximate surface area is 110 Å². The third-order valence-corrected chi connectivity index (χ3v) is 2.32. The van der Waals surface area contributed by atoms with E-state index in [1.54, 1.807) is 6.07 Å². The normalized spacial score (nSPS) is 11.4. The van der Waals surface area contributed by atoms with E-state index in [0.29, 0.717) is 17.4 Å². The Morgan fingerprint density at radius 2 is 2.05 bits per heavy atom. The first-order valence-electron chi connectivity index (χ1n) is 5.85. The molecule has 5 nitrogen and oxygen atoms in total. The van der Waals surface area contributed by atoms with Crippen LogP contribution < -0.4 is 10.1 Å². The largest absolute Gasteiger partial charge is 0.494 e. The van der Waals surface area contributed by atoms with Crippen molar-refractivity contribution in [2.45, 2.75) is 26.3 Å². The molecule has 1 N–H and O–H groups in total. The van der Waals surface area contributed by atoms with Crippen LogP contribution in [0.2, 0.25) is 0 Å². The van der Waals surface area contributed by atoms with E-state index in [0.717, 1.165) is 0 Å². The lowest BCUT2D eigenvalue weighted by molar-refractivity contribution is 0.386. The molecule has 2 aromatic rings. The van der Waals surface area contributed by atoms with Crippen LogP contribution in [0.15, 0.2) is 22.7 Å². The molecular weight excluding hydrogens is 249 g/mol. The van der Waals surface area contributed by atoms with Gasteiger partial charge in [-0.05, 0) is 39.0 Å². The van der Waals surface area contributed by atoms with E-state index in [-0.39, 0.29) is 11.3 Å². The van der Waals surface area contributed by atoms with E-state index >= 15 is 0 Å². The molecule has 2 rings (SSSR count). The predicted molar refractivity (Wildman–Crippen MR) is 69.6 cm³/mol. The minimum atomic E-state index is -0.428. The second-order valence-corrected chi connectivity index (χ2v) is 5.15. The Morgan fingerprint density at radius 3 is 2.68 bits per heavy atom. The molecule has 1 aromatic carbocycles. The van der Waals surface area contributed by atoms with Gasteiger partial charge in [0.05, 0.1) is 7.11 Å². The Hall–Kier alpha value is -2.11. The Balaban J connectivity index is 2.28. The first kappa shape index (κ1) is 13.3. The average molecular weight is 265 g/mol. The molecule has 1 aromatic heterocycles. The molecule has 6 heteroatoms. The first-order valence-corrected chi connectivity index (χ1v) is 5.85. The molecule has 0 aliphatic carbocycles. The van der Waals surface area contributed by atoms with Gasteiger partial charge in [-0.1, -0.05) is 5.16 Å². The SMILES string of the molecule is COc1cc(-c2noc(NC(C)(C)C)n2)ccc1F. The molecule has 0 bridgehead atoms. The lowest BCUT2D eigenvalue weighted by Crippen LogP contribution is -2.26. The third kappa shape index (κ3) is 3.21. The van der Waals surface area contributed by atoms with Crippen LogP contribution in [0.1, 0.15) is 20.8 Å². The Bertz CT molecular complexity index is 576. The molecule has 0 amide bonds. The number of methoxy groups -OCH3 is 1. The molecule has 0 saturated carbocycles. The lowest BCUT2D eigenvalue weighted by Gasteiger charge is -2.17. The molecule has 0 fully saturated rings. The molecule has 0 aliphatic heterocycles. The van der Waals surface area contributed by atoms with Crippen molar-refractivity contribution in [2.24, 2.45) is 0 Å². The van der Waals surface area contributed by atoms with Crippen LogP contribution >= 0.6 is 0 Å². The fourth-order valence-corrected chi connectivity index (χ4v) is 1.51. The number of nitrogens with one attached hydrogen (secondary N) is 1. The summed E-state index contributed by atoms with van der Waals surface area (Å²) in [4.78, 5) is 4.20. The van der Waals surface area contributed by atoms with Crippen LogP contribution in [-0.2, 0) is 0 Å². The summed E-state index contributed by atoms with van der Waals surface area (Å²) in [5.41, 5.74) is 0.452. The summed E-state index contributed by atoms with van der Waals surface area (Å²) in [6.07, 6.45) is 0. The van der Waals surface area contributed by atoms with Crippen LogP contribution in [0.3, 0.4) is 0 Å². The highest BCUT2D eigenvalue weighted by atomic mass is 19.1. The van der Waals surface area contributed by atoms with Crippen molar-refractivity contribution in [1.29, 1.82) is 0 Å². The maximum Gasteiger partial charge on any atom is 0.322 e. The summed E-state index contributed by atoms with van der Waals surface area (Å²) < 4.78 is 23.3. The Morgan fingerprint density at radius 1 is 1.32 bits per heavy atom. The summed E-state index contributed by atoms with van der Waals surface area (Å²) in [6, 6.07) is 4.73. The monoisotopic (exact) mass is 265 g/mol. The summed E-state index contributed by atoms with van der Waals surface area (Å²) >= 11 is 0. The van der Waals surface area contributed by atoms with Gasteiger partial charge in [0.25, 0.3) is 0 Å². The first-order chi connectivity index (χ1) is 8.89. The summed E-state index contributed by atoms with van der Waals surface area (Å²) in [7, 11) is 1.41. The molecule has 0 aliphatic rings. The fraction of sp³-hybridized carbons (Fsp3) is 0.385. The van der Waals surface area contributed by atoms with Crippen molar-refractivity contribution in [1.82, 2.24) is 10.1 Å². The van der Waals surface area contributed by atoms with Crippen molar-refractivity contribution < 1.29 is 13.7 Å². The van der Waals surface area contributed by atoms with Gasteiger partial charge in [0, 0.05) is 11.1 Å². The van der Waals surface area contributed by atoms with Gasteiger partial charge in [-0.15, -0.1) is 0 Å².